The minimum absolute atomic E-state index is 0.184. The van der Waals surface area contributed by atoms with Crippen molar-refractivity contribution < 1.29 is 19.7 Å². The lowest BCUT2D eigenvalue weighted by Gasteiger charge is -2.14. The van der Waals surface area contributed by atoms with Crippen molar-refractivity contribution in [2.24, 2.45) is 5.73 Å². The largest absolute Gasteiger partial charge is 0.508 e. The average molecular weight is 651 g/mol. The Bertz CT molecular complexity index is 752. The summed E-state index contributed by atoms with van der Waals surface area (Å²) in [7, 11) is 0. The highest BCUT2D eigenvalue weighted by atomic mass is 127. The number of phenols is 1. The van der Waals surface area contributed by atoms with Gasteiger partial charge in [-0.3, -0.25) is 4.79 Å². The average Bonchev–Trinajstić information content (AvgIpc) is 2.46. The highest BCUT2D eigenvalue weighted by Gasteiger charge is 2.16. The van der Waals surface area contributed by atoms with Gasteiger partial charge in [-0.1, -0.05) is 0 Å². The van der Waals surface area contributed by atoms with Crippen LogP contribution in [0.5, 0.6) is 17.2 Å². The number of carboxylic acid groups (broad SMARTS) is 1. The Morgan fingerprint density at radius 2 is 1.74 bits per heavy atom. The fourth-order valence-electron chi connectivity index (χ4n) is 1.82. The highest BCUT2D eigenvalue weighted by molar-refractivity contribution is 14.1. The first kappa shape index (κ1) is 19.0. The minimum atomic E-state index is -1.02. The van der Waals surface area contributed by atoms with E-state index in [1.54, 1.807) is 18.2 Å². The van der Waals surface area contributed by atoms with Gasteiger partial charge in [0.05, 0.1) is 7.14 Å². The maximum atomic E-state index is 10.9. The van der Waals surface area contributed by atoms with Crippen molar-refractivity contribution in [1.29, 1.82) is 0 Å². The number of hydrogen-bond acceptors (Lipinski definition) is 4. The summed E-state index contributed by atoms with van der Waals surface area (Å²) in [5.41, 5.74) is 6.47. The summed E-state index contributed by atoms with van der Waals surface area (Å²) < 4.78 is 8.45. The molecule has 0 bridgehead atoms. The number of nitrogens with two attached hydrogens (primary N) is 1. The summed E-state index contributed by atoms with van der Waals surface area (Å²) >= 11 is 6.38. The van der Waals surface area contributed by atoms with E-state index in [1.807, 2.05) is 12.1 Å². The fourth-order valence-corrected chi connectivity index (χ4v) is 3.73. The van der Waals surface area contributed by atoms with Crippen LogP contribution in [0.4, 0.5) is 0 Å². The zero-order valence-electron chi connectivity index (χ0n) is 11.6. The first-order valence-corrected chi connectivity index (χ1v) is 9.64. The summed E-state index contributed by atoms with van der Waals surface area (Å²) in [6.45, 7) is 0. The number of rotatable bonds is 5. The normalized spacial score (nSPS) is 12.0. The predicted octanol–water partition coefficient (Wildman–Crippen LogP) is 3.95. The monoisotopic (exact) mass is 651 g/mol. The Balaban J connectivity index is 2.27. The number of phenolic OH excluding ortho intramolecular Hbond substituents is 1. The molecule has 8 heteroatoms. The SMILES string of the molecule is N[C@@H](Cc1cc(I)c(Oc2ccc(O)cc2I)cc1I)C(=O)O. The van der Waals surface area contributed by atoms with E-state index in [9.17, 15) is 9.90 Å². The van der Waals surface area contributed by atoms with Crippen LogP contribution in [0.2, 0.25) is 0 Å². The van der Waals surface area contributed by atoms with E-state index < -0.39 is 12.0 Å². The molecule has 0 aromatic heterocycles. The van der Waals surface area contributed by atoms with Gasteiger partial charge in [-0.05, 0) is 110 Å². The Hall–Kier alpha value is -0.340. The summed E-state index contributed by atoms with van der Waals surface area (Å²) in [5.74, 6) is 0.483. The molecular weight excluding hydrogens is 639 g/mol. The van der Waals surface area contributed by atoms with Gasteiger partial charge in [0.25, 0.3) is 0 Å². The molecule has 0 saturated carbocycles. The van der Waals surface area contributed by atoms with Crippen LogP contribution >= 0.6 is 67.8 Å². The van der Waals surface area contributed by atoms with E-state index in [2.05, 4.69) is 67.8 Å². The number of benzene rings is 2. The number of aromatic hydroxyl groups is 1. The molecule has 0 aliphatic rings. The van der Waals surface area contributed by atoms with Crippen LogP contribution in [0.25, 0.3) is 0 Å². The van der Waals surface area contributed by atoms with Gasteiger partial charge in [-0.2, -0.15) is 0 Å². The maximum absolute atomic E-state index is 10.9. The molecule has 0 aliphatic carbocycles. The molecular formula is C15H12I3NO4. The van der Waals surface area contributed by atoms with E-state index in [4.69, 9.17) is 15.6 Å². The number of aliphatic carboxylic acids is 1. The van der Waals surface area contributed by atoms with Gasteiger partial charge in [0.2, 0.25) is 0 Å². The molecule has 0 radical (unpaired) electrons. The van der Waals surface area contributed by atoms with E-state index in [-0.39, 0.29) is 12.2 Å². The van der Waals surface area contributed by atoms with Gasteiger partial charge >= 0.3 is 5.97 Å². The van der Waals surface area contributed by atoms with Crippen molar-refractivity contribution in [1.82, 2.24) is 0 Å². The molecule has 122 valence electrons. The van der Waals surface area contributed by atoms with E-state index >= 15 is 0 Å². The molecule has 2 aromatic rings. The number of ether oxygens (including phenoxy) is 1. The fraction of sp³-hybridized carbons (Fsp3) is 0.133. The van der Waals surface area contributed by atoms with Crippen LogP contribution in [0.15, 0.2) is 30.3 Å². The third kappa shape index (κ3) is 5.06. The zero-order chi connectivity index (χ0) is 17.1. The van der Waals surface area contributed by atoms with Crippen LogP contribution in [0.3, 0.4) is 0 Å². The molecule has 0 aliphatic heterocycles. The Morgan fingerprint density at radius 1 is 1.09 bits per heavy atom. The maximum Gasteiger partial charge on any atom is 0.320 e. The van der Waals surface area contributed by atoms with Crippen molar-refractivity contribution >= 4 is 73.7 Å². The van der Waals surface area contributed by atoms with E-state index in [1.165, 1.54) is 0 Å². The lowest BCUT2D eigenvalue weighted by molar-refractivity contribution is -0.138. The van der Waals surface area contributed by atoms with Crippen LogP contribution in [-0.2, 0) is 11.2 Å². The van der Waals surface area contributed by atoms with Gasteiger partial charge in [0.15, 0.2) is 0 Å². The van der Waals surface area contributed by atoms with Crippen molar-refractivity contribution in [2.75, 3.05) is 0 Å². The van der Waals surface area contributed by atoms with Crippen LogP contribution in [0, 0.1) is 10.7 Å². The minimum Gasteiger partial charge on any atom is -0.508 e. The zero-order valence-corrected chi connectivity index (χ0v) is 18.1. The van der Waals surface area contributed by atoms with Gasteiger partial charge in [0.1, 0.15) is 23.3 Å². The topological polar surface area (TPSA) is 92.8 Å². The van der Waals surface area contributed by atoms with Gasteiger partial charge in [-0.25, -0.2) is 0 Å². The highest BCUT2D eigenvalue weighted by Crippen LogP contribution is 2.34. The molecule has 0 saturated heterocycles. The van der Waals surface area contributed by atoms with Gasteiger partial charge in [0, 0.05) is 3.57 Å². The van der Waals surface area contributed by atoms with E-state index in [0.717, 1.165) is 16.3 Å². The third-order valence-corrected chi connectivity index (χ3v) is 5.68. The molecule has 0 spiro atoms. The van der Waals surface area contributed by atoms with Crippen molar-refractivity contribution in [3.05, 3.63) is 46.6 Å². The molecule has 0 heterocycles. The Morgan fingerprint density at radius 3 is 2.35 bits per heavy atom. The quantitative estimate of drug-likeness (QED) is 0.427. The molecule has 4 N–H and O–H groups in total. The first-order valence-electron chi connectivity index (χ1n) is 6.40. The van der Waals surface area contributed by atoms with Crippen LogP contribution in [-0.4, -0.2) is 22.2 Å². The second-order valence-corrected chi connectivity index (χ2v) is 8.23. The van der Waals surface area contributed by atoms with Gasteiger partial charge in [-0.15, -0.1) is 0 Å². The predicted molar refractivity (Wildman–Crippen MR) is 112 cm³/mol. The molecule has 0 amide bonds. The standard InChI is InChI=1S/C15H12I3NO4/c16-9-6-14(23-13-2-1-8(20)5-11(13)18)10(17)3-7(9)4-12(19)15(21)22/h1-3,5-6,12,20H,4,19H2,(H,21,22)/t12-/m0/s1. The molecule has 0 unspecified atom stereocenters. The van der Waals surface area contributed by atoms with Crippen LogP contribution in [0.1, 0.15) is 5.56 Å². The summed E-state index contributed by atoms with van der Waals surface area (Å²) in [6.07, 6.45) is 0.265. The smallest absolute Gasteiger partial charge is 0.320 e. The number of halogens is 3. The summed E-state index contributed by atoms with van der Waals surface area (Å²) in [6, 6.07) is 7.70. The number of carboxylic acids is 1. The van der Waals surface area contributed by atoms with Crippen molar-refractivity contribution in [3.8, 4) is 17.2 Å². The molecule has 0 fully saturated rings. The van der Waals surface area contributed by atoms with Crippen molar-refractivity contribution in [2.45, 2.75) is 12.5 Å². The Labute approximate surface area is 174 Å². The number of hydrogen-bond donors (Lipinski definition) is 3. The molecule has 5 nitrogen and oxygen atoms in total. The number of carbonyl (C=O) groups is 1. The van der Waals surface area contributed by atoms with Crippen molar-refractivity contribution in [3.63, 3.8) is 0 Å². The second-order valence-electron chi connectivity index (χ2n) is 4.74. The molecule has 2 aromatic carbocycles. The Kier molecular flexibility index (Phi) is 6.74. The van der Waals surface area contributed by atoms with E-state index in [0.29, 0.717) is 11.5 Å². The summed E-state index contributed by atoms with van der Waals surface area (Å²) in [4.78, 5) is 10.9. The van der Waals surface area contributed by atoms with Crippen LogP contribution < -0.4 is 10.5 Å². The van der Waals surface area contributed by atoms with Gasteiger partial charge < -0.3 is 20.7 Å². The second kappa shape index (κ2) is 8.16. The lowest BCUT2D eigenvalue weighted by atomic mass is 10.1. The molecule has 1 atom stereocenters. The molecule has 2 rings (SSSR count). The lowest BCUT2D eigenvalue weighted by Crippen LogP contribution is -2.32. The summed E-state index contributed by atoms with van der Waals surface area (Å²) in [5, 5.41) is 18.4. The first-order chi connectivity index (χ1) is 10.8. The molecule has 23 heavy (non-hydrogen) atoms. The third-order valence-electron chi connectivity index (χ3n) is 2.99.